The molecule has 2 aliphatic heterocycles. The molecule has 0 radical (unpaired) electrons. The van der Waals surface area contributed by atoms with Crippen LogP contribution in [-0.2, 0) is 32.3 Å². The molecule has 1 amide bonds. The fourth-order valence-electron chi connectivity index (χ4n) is 7.90. The maximum absolute atomic E-state index is 13.3. The van der Waals surface area contributed by atoms with Gasteiger partial charge in [0.15, 0.2) is 0 Å². The molecule has 4 aliphatic rings. The molecule has 6 rings (SSSR count). The number of nitrogens with zero attached hydrogens (tertiary/aromatic N) is 2. The molecule has 2 aromatic rings. The van der Waals surface area contributed by atoms with Crippen molar-refractivity contribution in [2.75, 3.05) is 20.1 Å². The highest BCUT2D eigenvalue weighted by Gasteiger charge is 2.75. The first-order valence-corrected chi connectivity index (χ1v) is 13.8. The lowest BCUT2D eigenvalue weighted by atomic mass is 9.48. The van der Waals surface area contributed by atoms with Gasteiger partial charge in [0, 0.05) is 44.1 Å². The van der Waals surface area contributed by atoms with Crippen LogP contribution in [0.1, 0.15) is 48.4 Å². The number of rotatable bonds is 4. The standard InChI is InChI=1S/C32H31F3N2O4/c1-4-17-37-18-16-30-28-22-6-5-7-25(28)40-29(30)24(14-15-31(30,26(37)19-22)41-20(2)38)36(3)27(39)13-10-21-8-11-23(12-9-21)32(33,34)35/h4-9,11-12,24,26,29H,1,14-19H2,2-3H3/t24-,26-,29+,30+,31-/m1/s1. The molecule has 2 bridgehead atoms. The topological polar surface area (TPSA) is 59.1 Å². The second-order valence-electron chi connectivity index (χ2n) is 11.4. The number of hydrogen-bond acceptors (Lipinski definition) is 5. The van der Waals surface area contributed by atoms with Crippen LogP contribution in [0, 0.1) is 11.8 Å². The van der Waals surface area contributed by atoms with Gasteiger partial charge in [-0.3, -0.25) is 14.5 Å². The van der Waals surface area contributed by atoms with Crippen molar-refractivity contribution in [3.63, 3.8) is 0 Å². The number of hydrogen-bond donors (Lipinski definition) is 0. The van der Waals surface area contributed by atoms with Crippen LogP contribution < -0.4 is 4.74 Å². The molecule has 2 heterocycles. The summed E-state index contributed by atoms with van der Waals surface area (Å²) in [5, 5.41) is 0. The Morgan fingerprint density at radius 2 is 1.98 bits per heavy atom. The van der Waals surface area contributed by atoms with Crippen molar-refractivity contribution in [2.45, 2.75) is 68.0 Å². The second-order valence-corrected chi connectivity index (χ2v) is 11.4. The third-order valence-electron chi connectivity index (χ3n) is 9.43. The molecule has 2 aromatic carbocycles. The Morgan fingerprint density at radius 1 is 1.22 bits per heavy atom. The number of esters is 1. The van der Waals surface area contributed by atoms with Crippen LogP contribution >= 0.6 is 0 Å². The molecule has 2 aliphatic carbocycles. The van der Waals surface area contributed by atoms with Gasteiger partial charge in [-0.15, -0.1) is 6.58 Å². The van der Waals surface area contributed by atoms with Gasteiger partial charge in [-0.25, -0.2) is 0 Å². The average Bonchev–Trinajstić information content (AvgIpc) is 3.27. The second kappa shape index (κ2) is 9.66. The molecule has 5 atom stereocenters. The van der Waals surface area contributed by atoms with Crippen LogP contribution in [0.25, 0.3) is 0 Å². The van der Waals surface area contributed by atoms with E-state index in [1.807, 2.05) is 18.2 Å². The van der Waals surface area contributed by atoms with Crippen LogP contribution in [0.2, 0.25) is 0 Å². The van der Waals surface area contributed by atoms with Crippen molar-refractivity contribution in [1.29, 1.82) is 0 Å². The molecule has 1 spiro atoms. The summed E-state index contributed by atoms with van der Waals surface area (Å²) in [6.45, 7) is 6.83. The number of benzene rings is 2. The zero-order chi connectivity index (χ0) is 29.2. The highest BCUT2D eigenvalue weighted by Crippen LogP contribution is 2.65. The lowest BCUT2D eigenvalue weighted by Crippen LogP contribution is -2.79. The summed E-state index contributed by atoms with van der Waals surface area (Å²) in [4.78, 5) is 29.9. The van der Waals surface area contributed by atoms with Crippen molar-refractivity contribution >= 4 is 11.9 Å². The van der Waals surface area contributed by atoms with E-state index in [2.05, 4.69) is 29.4 Å². The highest BCUT2D eigenvalue weighted by atomic mass is 19.4. The Bertz CT molecular complexity index is 1480. The molecular formula is C32H31F3N2O4. The van der Waals surface area contributed by atoms with Gasteiger partial charge in [0.25, 0.3) is 5.91 Å². The van der Waals surface area contributed by atoms with Crippen molar-refractivity contribution in [3.05, 3.63) is 77.4 Å². The molecular weight excluding hydrogens is 533 g/mol. The Hall–Kier alpha value is -3.77. The van der Waals surface area contributed by atoms with E-state index in [1.165, 1.54) is 24.6 Å². The van der Waals surface area contributed by atoms with E-state index in [9.17, 15) is 22.8 Å². The first-order chi connectivity index (χ1) is 19.5. The predicted octanol–water partition coefficient (Wildman–Crippen LogP) is 4.50. The Balaban J connectivity index is 1.36. The van der Waals surface area contributed by atoms with Gasteiger partial charge in [-0.05, 0) is 61.6 Å². The van der Waals surface area contributed by atoms with E-state index in [1.54, 1.807) is 11.9 Å². The number of carbonyl (C=O) groups is 2. The molecule has 1 saturated heterocycles. The van der Waals surface area contributed by atoms with Crippen LogP contribution in [0.4, 0.5) is 13.2 Å². The SMILES string of the molecule is C=CCN1CC[C@]23c4c5cccc4O[C@H]2[C@H](N(C)C(=O)C#Cc2ccc(C(F)(F)F)cc2)CC[C@@]3(OC(C)=O)[C@H]1C5. The van der Waals surface area contributed by atoms with E-state index in [-0.39, 0.29) is 18.1 Å². The minimum absolute atomic E-state index is 0.0634. The van der Waals surface area contributed by atoms with E-state index in [0.717, 1.165) is 36.4 Å². The maximum Gasteiger partial charge on any atom is 0.416 e. The number of alkyl halides is 3. The van der Waals surface area contributed by atoms with Crippen molar-refractivity contribution < 1.29 is 32.2 Å². The summed E-state index contributed by atoms with van der Waals surface area (Å²) in [5.74, 6) is 5.29. The summed E-state index contributed by atoms with van der Waals surface area (Å²) < 4.78 is 51.8. The number of likely N-dealkylation sites (tertiary alicyclic amines) is 1. The Morgan fingerprint density at radius 3 is 2.66 bits per heavy atom. The number of likely N-dealkylation sites (N-methyl/N-ethyl adjacent to an activating group) is 1. The summed E-state index contributed by atoms with van der Waals surface area (Å²) in [6, 6.07) is 10.0. The first-order valence-electron chi connectivity index (χ1n) is 13.8. The van der Waals surface area contributed by atoms with Gasteiger partial charge in [0.1, 0.15) is 17.5 Å². The van der Waals surface area contributed by atoms with Crippen molar-refractivity contribution in [1.82, 2.24) is 9.80 Å². The van der Waals surface area contributed by atoms with Crippen molar-refractivity contribution in [2.24, 2.45) is 0 Å². The van der Waals surface area contributed by atoms with Gasteiger partial charge in [-0.1, -0.05) is 24.1 Å². The molecule has 0 aromatic heterocycles. The average molecular weight is 565 g/mol. The quantitative estimate of drug-likeness (QED) is 0.311. The van der Waals surface area contributed by atoms with Crippen LogP contribution in [-0.4, -0.2) is 65.6 Å². The minimum Gasteiger partial charge on any atom is -0.487 e. The van der Waals surface area contributed by atoms with E-state index in [0.29, 0.717) is 31.4 Å². The third-order valence-corrected chi connectivity index (χ3v) is 9.43. The number of ether oxygens (including phenoxy) is 2. The summed E-state index contributed by atoms with van der Waals surface area (Å²) in [7, 11) is 1.68. The number of carbonyl (C=O) groups excluding carboxylic acids is 2. The van der Waals surface area contributed by atoms with E-state index >= 15 is 0 Å². The summed E-state index contributed by atoms with van der Waals surface area (Å²) in [5.41, 5.74) is 0.340. The zero-order valence-electron chi connectivity index (χ0n) is 23.0. The third kappa shape index (κ3) is 4.06. The lowest BCUT2D eigenvalue weighted by molar-refractivity contribution is -0.222. The van der Waals surface area contributed by atoms with Crippen LogP contribution in [0.5, 0.6) is 5.75 Å². The molecule has 0 unspecified atom stereocenters. The Kier molecular flexibility index (Phi) is 6.46. The molecule has 6 nitrogen and oxygen atoms in total. The Labute approximate surface area is 237 Å². The zero-order valence-corrected chi connectivity index (χ0v) is 23.0. The van der Waals surface area contributed by atoms with Gasteiger partial charge in [0.05, 0.1) is 23.1 Å². The van der Waals surface area contributed by atoms with Gasteiger partial charge < -0.3 is 14.4 Å². The fraction of sp³-hybridized carbons (Fsp3) is 0.438. The minimum atomic E-state index is -4.44. The lowest BCUT2D eigenvalue weighted by Gasteiger charge is -2.65. The van der Waals surface area contributed by atoms with Gasteiger partial charge in [0.2, 0.25) is 0 Å². The number of piperidine rings is 1. The molecule has 1 saturated carbocycles. The largest absolute Gasteiger partial charge is 0.487 e. The van der Waals surface area contributed by atoms with Crippen LogP contribution in [0.3, 0.4) is 0 Å². The molecule has 0 N–H and O–H groups in total. The maximum atomic E-state index is 13.3. The van der Waals surface area contributed by atoms with Crippen LogP contribution in [0.15, 0.2) is 55.1 Å². The summed E-state index contributed by atoms with van der Waals surface area (Å²) >= 11 is 0. The van der Waals surface area contributed by atoms with E-state index < -0.39 is 34.8 Å². The molecule has 9 heteroatoms. The molecule has 2 fully saturated rings. The summed E-state index contributed by atoms with van der Waals surface area (Å²) in [6.07, 6.45) is -0.528. The van der Waals surface area contributed by atoms with Gasteiger partial charge in [-0.2, -0.15) is 13.2 Å². The normalized spacial score (nSPS) is 29.3. The first kappa shape index (κ1) is 27.4. The van der Waals surface area contributed by atoms with Gasteiger partial charge >= 0.3 is 12.1 Å². The molecule has 41 heavy (non-hydrogen) atoms. The van der Waals surface area contributed by atoms with Crippen molar-refractivity contribution in [3.8, 4) is 17.6 Å². The predicted molar refractivity (Wildman–Crippen MR) is 145 cm³/mol. The highest BCUT2D eigenvalue weighted by molar-refractivity contribution is 5.94. The number of halogens is 3. The number of amides is 1. The monoisotopic (exact) mass is 564 g/mol. The molecule has 214 valence electrons. The fourth-order valence-corrected chi connectivity index (χ4v) is 7.90. The smallest absolute Gasteiger partial charge is 0.416 e. The van der Waals surface area contributed by atoms with E-state index in [4.69, 9.17) is 9.47 Å².